The molecule has 0 spiro atoms. The van der Waals surface area contributed by atoms with Crippen molar-refractivity contribution in [2.45, 2.75) is 0 Å². The summed E-state index contributed by atoms with van der Waals surface area (Å²) >= 11 is 1.81. The summed E-state index contributed by atoms with van der Waals surface area (Å²) in [6.07, 6.45) is 0. The zero-order valence-electron chi connectivity index (χ0n) is 6.41. The summed E-state index contributed by atoms with van der Waals surface area (Å²) in [7, 11) is 0. The van der Waals surface area contributed by atoms with Crippen LogP contribution >= 0.6 is 11.8 Å². The molecule has 0 aromatic heterocycles. The fourth-order valence-corrected chi connectivity index (χ4v) is 2.10. The number of thioether (sulfide) groups is 1. The lowest BCUT2D eigenvalue weighted by atomic mass is 10.5. The predicted molar refractivity (Wildman–Crippen MR) is 44.0 cm³/mol. The second-order valence-corrected chi connectivity index (χ2v) is 3.61. The topological polar surface area (TPSA) is 21.7 Å². The molecule has 2 heterocycles. The Kier molecular flexibility index (Phi) is 2.68. The second-order valence-electron chi connectivity index (χ2n) is 2.56. The molecule has 0 saturated carbocycles. The van der Waals surface area contributed by atoms with Crippen LogP contribution in [0.1, 0.15) is 0 Å². The third-order valence-corrected chi connectivity index (χ3v) is 2.80. The Bertz CT molecular complexity index is 122. The minimum atomic E-state index is 0.841. The molecule has 4 heteroatoms. The van der Waals surface area contributed by atoms with Gasteiger partial charge >= 0.3 is 0 Å². The highest BCUT2D eigenvalue weighted by Crippen LogP contribution is 2.30. The van der Waals surface area contributed by atoms with Gasteiger partial charge in [0.25, 0.3) is 0 Å². The Morgan fingerprint density at radius 2 is 2.00 bits per heavy atom. The molecule has 2 aliphatic heterocycles. The standard InChI is InChI=1S/C7H12NO2S/c1-3-9-4-2-8(1)7-10-5-6-11-7/h1-6H2. The Balaban J connectivity index is 1.82. The van der Waals surface area contributed by atoms with E-state index in [0.29, 0.717) is 0 Å². The highest BCUT2D eigenvalue weighted by Gasteiger charge is 2.26. The summed E-state index contributed by atoms with van der Waals surface area (Å²) in [6.45, 7) is 4.53. The Hall–Kier alpha value is 0.230. The van der Waals surface area contributed by atoms with Gasteiger partial charge in [-0.3, -0.25) is 4.90 Å². The normalized spacial score (nSPS) is 29.5. The van der Waals surface area contributed by atoms with E-state index in [-0.39, 0.29) is 0 Å². The maximum absolute atomic E-state index is 5.44. The van der Waals surface area contributed by atoms with Gasteiger partial charge in [0.1, 0.15) is 0 Å². The average Bonchev–Trinajstić information content (AvgIpc) is 2.58. The number of morpholine rings is 1. The van der Waals surface area contributed by atoms with Gasteiger partial charge in [0.05, 0.1) is 19.8 Å². The summed E-state index contributed by atoms with van der Waals surface area (Å²) in [5.74, 6) is 1.10. The zero-order chi connectivity index (χ0) is 7.52. The summed E-state index contributed by atoms with van der Waals surface area (Å²) in [5, 5.41) is 0. The molecule has 0 amide bonds. The van der Waals surface area contributed by atoms with Crippen LogP contribution in [0.2, 0.25) is 0 Å². The first-order chi connectivity index (χ1) is 5.47. The van der Waals surface area contributed by atoms with E-state index in [4.69, 9.17) is 9.47 Å². The minimum Gasteiger partial charge on any atom is -0.379 e. The van der Waals surface area contributed by atoms with E-state index in [1.54, 1.807) is 0 Å². The van der Waals surface area contributed by atoms with E-state index in [0.717, 1.165) is 44.2 Å². The van der Waals surface area contributed by atoms with Gasteiger partial charge < -0.3 is 9.47 Å². The lowest BCUT2D eigenvalue weighted by Crippen LogP contribution is -2.37. The van der Waals surface area contributed by atoms with E-state index in [2.05, 4.69) is 4.90 Å². The van der Waals surface area contributed by atoms with Gasteiger partial charge in [-0.05, 0) is 0 Å². The van der Waals surface area contributed by atoms with Crippen molar-refractivity contribution in [1.82, 2.24) is 4.90 Å². The molecule has 0 aromatic carbocycles. The first-order valence-electron chi connectivity index (χ1n) is 3.92. The van der Waals surface area contributed by atoms with Gasteiger partial charge in [0.15, 0.2) is 0 Å². The third kappa shape index (κ3) is 1.87. The van der Waals surface area contributed by atoms with Crippen LogP contribution in [-0.4, -0.2) is 43.6 Å². The van der Waals surface area contributed by atoms with Crippen LogP contribution in [-0.2, 0) is 9.47 Å². The molecule has 0 N–H and O–H groups in total. The highest BCUT2D eigenvalue weighted by molar-refractivity contribution is 8.02. The van der Waals surface area contributed by atoms with Crippen molar-refractivity contribution >= 4 is 11.8 Å². The van der Waals surface area contributed by atoms with E-state index in [1.165, 1.54) is 0 Å². The van der Waals surface area contributed by atoms with E-state index < -0.39 is 0 Å². The third-order valence-electron chi connectivity index (χ3n) is 1.80. The molecule has 1 radical (unpaired) electrons. The minimum absolute atomic E-state index is 0.841. The summed E-state index contributed by atoms with van der Waals surface area (Å²) in [5.41, 5.74) is 1.10. The van der Waals surface area contributed by atoms with Gasteiger partial charge in [-0.1, -0.05) is 0 Å². The monoisotopic (exact) mass is 174 g/mol. The lowest BCUT2D eigenvalue weighted by Gasteiger charge is -2.29. The summed E-state index contributed by atoms with van der Waals surface area (Å²) in [4.78, 5) is 2.27. The van der Waals surface area contributed by atoms with Gasteiger partial charge in [0, 0.05) is 18.8 Å². The molecule has 63 valence electrons. The highest BCUT2D eigenvalue weighted by atomic mass is 32.2. The molecule has 0 aliphatic carbocycles. The summed E-state index contributed by atoms with van der Waals surface area (Å²) in [6, 6.07) is 0. The first kappa shape index (κ1) is 7.86. The van der Waals surface area contributed by atoms with Crippen molar-refractivity contribution < 1.29 is 9.47 Å². The SMILES string of the molecule is C1CN([C]2OCCS2)CCO1. The molecule has 0 aromatic rings. The number of nitrogens with zero attached hydrogens (tertiary/aromatic N) is 1. The van der Waals surface area contributed by atoms with Crippen LogP contribution in [0.25, 0.3) is 0 Å². The van der Waals surface area contributed by atoms with Crippen molar-refractivity contribution in [2.24, 2.45) is 0 Å². The number of rotatable bonds is 1. The molecule has 2 fully saturated rings. The Morgan fingerprint density at radius 1 is 1.18 bits per heavy atom. The van der Waals surface area contributed by atoms with Crippen molar-refractivity contribution in [3.05, 3.63) is 5.56 Å². The van der Waals surface area contributed by atoms with Crippen LogP contribution < -0.4 is 0 Å². The van der Waals surface area contributed by atoms with E-state index in [9.17, 15) is 0 Å². The Morgan fingerprint density at radius 3 is 2.64 bits per heavy atom. The quantitative estimate of drug-likeness (QED) is 0.578. The van der Waals surface area contributed by atoms with Crippen LogP contribution in [0.3, 0.4) is 0 Å². The maximum Gasteiger partial charge on any atom is 0.224 e. The van der Waals surface area contributed by atoms with Crippen molar-refractivity contribution in [1.29, 1.82) is 0 Å². The number of hydrogen-bond donors (Lipinski definition) is 0. The molecule has 0 unspecified atom stereocenters. The van der Waals surface area contributed by atoms with Crippen molar-refractivity contribution in [3.8, 4) is 0 Å². The summed E-state index contributed by atoms with van der Waals surface area (Å²) < 4.78 is 10.7. The molecular weight excluding hydrogens is 162 g/mol. The predicted octanol–water partition coefficient (Wildman–Crippen LogP) is 0.529. The van der Waals surface area contributed by atoms with Gasteiger partial charge in [-0.15, -0.1) is 11.8 Å². The average molecular weight is 174 g/mol. The molecule has 2 rings (SSSR count). The van der Waals surface area contributed by atoms with E-state index >= 15 is 0 Å². The number of hydrogen-bond acceptors (Lipinski definition) is 4. The van der Waals surface area contributed by atoms with Crippen LogP contribution in [0.15, 0.2) is 0 Å². The first-order valence-corrected chi connectivity index (χ1v) is 4.90. The van der Waals surface area contributed by atoms with E-state index in [1.807, 2.05) is 11.8 Å². The zero-order valence-corrected chi connectivity index (χ0v) is 7.23. The maximum atomic E-state index is 5.44. The van der Waals surface area contributed by atoms with Gasteiger partial charge in [0.2, 0.25) is 5.56 Å². The van der Waals surface area contributed by atoms with Gasteiger partial charge in [-0.2, -0.15) is 0 Å². The molecular formula is C7H12NO2S. The Labute approximate surface area is 71.0 Å². The second kappa shape index (κ2) is 3.76. The smallest absolute Gasteiger partial charge is 0.224 e. The van der Waals surface area contributed by atoms with Crippen molar-refractivity contribution in [3.63, 3.8) is 0 Å². The molecule has 3 nitrogen and oxygen atoms in total. The molecule has 2 aliphatic rings. The lowest BCUT2D eigenvalue weighted by molar-refractivity contribution is 0.00578. The molecule has 11 heavy (non-hydrogen) atoms. The van der Waals surface area contributed by atoms with Crippen molar-refractivity contribution in [2.75, 3.05) is 38.7 Å². The molecule has 0 bridgehead atoms. The number of ether oxygens (including phenoxy) is 2. The van der Waals surface area contributed by atoms with Crippen LogP contribution in [0.5, 0.6) is 0 Å². The fraction of sp³-hybridized carbons (Fsp3) is 0.857. The fourth-order valence-electron chi connectivity index (χ4n) is 1.23. The molecule has 2 saturated heterocycles. The van der Waals surface area contributed by atoms with Crippen LogP contribution in [0.4, 0.5) is 0 Å². The van der Waals surface area contributed by atoms with Crippen LogP contribution in [0, 0.1) is 5.56 Å². The largest absolute Gasteiger partial charge is 0.379 e. The van der Waals surface area contributed by atoms with Gasteiger partial charge in [-0.25, -0.2) is 0 Å². The molecule has 0 atom stereocenters.